The van der Waals surface area contributed by atoms with E-state index in [1.807, 2.05) is 4.57 Å². The van der Waals surface area contributed by atoms with E-state index in [0.717, 1.165) is 31.4 Å². The molecule has 0 spiro atoms. The van der Waals surface area contributed by atoms with E-state index in [1.165, 1.54) is 24.3 Å². The third-order valence-electron chi connectivity index (χ3n) is 7.24. The topological polar surface area (TPSA) is 105 Å². The number of ether oxygens (including phenoxy) is 1. The molecule has 2 aromatic heterocycles. The van der Waals surface area contributed by atoms with Gasteiger partial charge in [-0.15, -0.1) is 3.89 Å². The standard InChI is InChI=1S/C28H19F4N3O4S/c29-28(30,31)14-39-24-12-21-23(11-20(24)16-3-1-6-18(10-16)40(32,37)38)35(17-4-2-5-17)27-25(26(21)36)19-8-7-15(13-33)9-22(19)34-27/h1,3,6-12,17,34H,2,4-5,14H2. The second kappa shape index (κ2) is 9.09. The molecule has 1 saturated carbocycles. The van der Waals surface area contributed by atoms with Crippen LogP contribution in [0, 0.1) is 11.3 Å². The van der Waals surface area contributed by atoms with Crippen molar-refractivity contribution >= 4 is 43.1 Å². The highest BCUT2D eigenvalue weighted by Gasteiger charge is 2.30. The fourth-order valence-electron chi connectivity index (χ4n) is 5.21. The Morgan fingerprint density at radius 3 is 2.50 bits per heavy atom. The summed E-state index contributed by atoms with van der Waals surface area (Å²) < 4.78 is 83.5. The lowest BCUT2D eigenvalue weighted by Crippen LogP contribution is -2.22. The highest BCUT2D eigenvalue weighted by atomic mass is 32.3. The van der Waals surface area contributed by atoms with Crippen molar-refractivity contribution in [3.8, 4) is 22.9 Å². The summed E-state index contributed by atoms with van der Waals surface area (Å²) in [5, 5.41) is 10.3. The maximum absolute atomic E-state index is 13.9. The molecule has 0 unspecified atom stereocenters. The Morgan fingerprint density at radius 2 is 1.85 bits per heavy atom. The average molecular weight is 570 g/mol. The van der Waals surface area contributed by atoms with Gasteiger partial charge in [0.05, 0.1) is 32.8 Å². The lowest BCUT2D eigenvalue weighted by Gasteiger charge is -2.31. The first-order valence-electron chi connectivity index (χ1n) is 12.3. The van der Waals surface area contributed by atoms with Crippen LogP contribution in [0.1, 0.15) is 30.9 Å². The van der Waals surface area contributed by atoms with Gasteiger partial charge in [0.1, 0.15) is 11.4 Å². The minimum absolute atomic E-state index is 0.0264. The van der Waals surface area contributed by atoms with E-state index in [-0.39, 0.29) is 28.3 Å². The van der Waals surface area contributed by atoms with Crippen LogP contribution in [0.4, 0.5) is 17.1 Å². The van der Waals surface area contributed by atoms with Gasteiger partial charge in [0, 0.05) is 22.5 Å². The number of aromatic amines is 1. The molecule has 7 nitrogen and oxygen atoms in total. The molecule has 3 aromatic carbocycles. The summed E-state index contributed by atoms with van der Waals surface area (Å²) in [4.78, 5) is 16.5. The molecule has 204 valence electrons. The van der Waals surface area contributed by atoms with Crippen LogP contribution in [0.3, 0.4) is 0 Å². The molecule has 0 amide bonds. The molecule has 6 rings (SSSR count). The van der Waals surface area contributed by atoms with Crippen LogP contribution in [0.2, 0.25) is 0 Å². The van der Waals surface area contributed by atoms with Gasteiger partial charge in [-0.3, -0.25) is 4.79 Å². The van der Waals surface area contributed by atoms with Crippen molar-refractivity contribution in [3.63, 3.8) is 0 Å². The lowest BCUT2D eigenvalue weighted by atomic mass is 9.91. The first-order valence-corrected chi connectivity index (χ1v) is 13.7. The summed E-state index contributed by atoms with van der Waals surface area (Å²) in [6, 6.07) is 14.3. The molecule has 40 heavy (non-hydrogen) atoms. The number of H-pyrrole nitrogens is 1. The van der Waals surface area contributed by atoms with Crippen molar-refractivity contribution in [1.29, 1.82) is 5.26 Å². The van der Waals surface area contributed by atoms with Crippen LogP contribution in [-0.2, 0) is 10.2 Å². The summed E-state index contributed by atoms with van der Waals surface area (Å²) in [6.07, 6.45) is -2.16. The monoisotopic (exact) mass is 569 g/mol. The molecule has 0 radical (unpaired) electrons. The number of aromatic nitrogens is 2. The van der Waals surface area contributed by atoms with Crippen LogP contribution in [0.25, 0.3) is 44.0 Å². The van der Waals surface area contributed by atoms with Gasteiger partial charge in [-0.25, -0.2) is 0 Å². The van der Waals surface area contributed by atoms with Crippen LogP contribution in [0.5, 0.6) is 5.75 Å². The zero-order valence-corrected chi connectivity index (χ0v) is 21.4. The highest BCUT2D eigenvalue weighted by Crippen LogP contribution is 2.41. The molecular weight excluding hydrogens is 550 g/mol. The van der Waals surface area contributed by atoms with Gasteiger partial charge >= 0.3 is 16.4 Å². The molecule has 0 atom stereocenters. The number of hydrogen-bond acceptors (Lipinski definition) is 5. The smallest absolute Gasteiger partial charge is 0.422 e. The number of fused-ring (bicyclic) bond motifs is 4. The third-order valence-corrected chi connectivity index (χ3v) is 8.05. The molecule has 0 saturated heterocycles. The van der Waals surface area contributed by atoms with Crippen molar-refractivity contribution < 1.29 is 30.2 Å². The molecule has 1 N–H and O–H groups in total. The van der Waals surface area contributed by atoms with Crippen molar-refractivity contribution in [2.75, 3.05) is 6.61 Å². The number of pyridine rings is 1. The predicted molar refractivity (Wildman–Crippen MR) is 140 cm³/mol. The van der Waals surface area contributed by atoms with E-state index in [2.05, 4.69) is 11.1 Å². The van der Waals surface area contributed by atoms with Crippen molar-refractivity contribution in [3.05, 3.63) is 70.4 Å². The Bertz CT molecular complexity index is 2050. The Balaban J connectivity index is 1.71. The molecule has 1 fully saturated rings. The maximum atomic E-state index is 13.9. The number of hydrogen-bond donors (Lipinski definition) is 1. The first-order chi connectivity index (χ1) is 18.9. The number of nitrogens with zero attached hydrogens (tertiary/aromatic N) is 2. The van der Waals surface area contributed by atoms with Gasteiger partial charge in [0.25, 0.3) is 0 Å². The number of nitrogens with one attached hydrogen (secondary N) is 1. The van der Waals surface area contributed by atoms with E-state index >= 15 is 0 Å². The van der Waals surface area contributed by atoms with Gasteiger partial charge in [-0.05, 0) is 61.2 Å². The third kappa shape index (κ3) is 4.36. The van der Waals surface area contributed by atoms with E-state index in [0.29, 0.717) is 33.0 Å². The fraction of sp³-hybridized carbons (Fsp3) is 0.214. The first kappa shape index (κ1) is 25.9. The van der Waals surface area contributed by atoms with Gasteiger partial charge in [0.15, 0.2) is 12.0 Å². The molecule has 0 bridgehead atoms. The largest absolute Gasteiger partial charge is 0.483 e. The SMILES string of the molecule is N#Cc1ccc2c(c1)[nH]c1c2c(=O)c2cc(OCC(F)(F)F)c(-c3cccc(S(=O)(=O)F)c3)cc2n1C1CCC1. The van der Waals surface area contributed by atoms with Crippen molar-refractivity contribution in [2.24, 2.45) is 0 Å². The van der Waals surface area contributed by atoms with Gasteiger partial charge < -0.3 is 14.3 Å². The van der Waals surface area contributed by atoms with Crippen molar-refractivity contribution in [2.45, 2.75) is 36.4 Å². The summed E-state index contributed by atoms with van der Waals surface area (Å²) in [5.74, 6) is -0.304. The van der Waals surface area contributed by atoms with E-state index in [1.54, 1.807) is 18.2 Å². The Kier molecular flexibility index (Phi) is 5.88. The molecule has 12 heteroatoms. The molecule has 1 aliphatic carbocycles. The van der Waals surface area contributed by atoms with Crippen LogP contribution < -0.4 is 10.2 Å². The average Bonchev–Trinajstić information content (AvgIpc) is 3.26. The molecule has 5 aromatic rings. The van der Waals surface area contributed by atoms with Gasteiger partial charge in [-0.1, -0.05) is 18.2 Å². The van der Waals surface area contributed by atoms with Crippen LogP contribution in [0.15, 0.2) is 64.3 Å². The molecule has 2 heterocycles. The normalized spacial score (nSPS) is 14.5. The molecular formula is C28H19F4N3O4S. The van der Waals surface area contributed by atoms with E-state index in [9.17, 15) is 35.5 Å². The predicted octanol–water partition coefficient (Wildman–Crippen LogP) is 6.50. The summed E-state index contributed by atoms with van der Waals surface area (Å²) in [6.45, 7) is -1.66. The number of rotatable bonds is 5. The van der Waals surface area contributed by atoms with Crippen LogP contribution >= 0.6 is 0 Å². The minimum Gasteiger partial charge on any atom is -0.483 e. The van der Waals surface area contributed by atoms with Crippen LogP contribution in [-0.4, -0.2) is 30.8 Å². The summed E-state index contributed by atoms with van der Waals surface area (Å²) in [5.41, 5.74) is 1.57. The van der Waals surface area contributed by atoms with Gasteiger partial charge in [-0.2, -0.15) is 26.9 Å². The summed E-state index contributed by atoms with van der Waals surface area (Å²) in [7, 11) is -5.10. The summed E-state index contributed by atoms with van der Waals surface area (Å²) >= 11 is 0. The number of benzene rings is 3. The molecule has 1 aliphatic rings. The Morgan fingerprint density at radius 1 is 1.07 bits per heavy atom. The zero-order chi connectivity index (χ0) is 28.4. The molecule has 0 aliphatic heterocycles. The minimum atomic E-state index is -5.10. The Hall–Kier alpha value is -4.37. The van der Waals surface area contributed by atoms with Gasteiger partial charge in [0.2, 0.25) is 0 Å². The second-order valence-corrected chi connectivity index (χ2v) is 11.1. The second-order valence-electron chi connectivity index (χ2n) is 9.74. The maximum Gasteiger partial charge on any atom is 0.422 e. The number of alkyl halides is 3. The Labute approximate surface area is 224 Å². The van der Waals surface area contributed by atoms with E-state index < -0.39 is 33.3 Å². The number of halogens is 4. The fourth-order valence-corrected chi connectivity index (χ4v) is 5.72. The zero-order valence-electron chi connectivity index (χ0n) is 20.5. The quantitative estimate of drug-likeness (QED) is 0.192. The van der Waals surface area contributed by atoms with Crippen molar-refractivity contribution in [1.82, 2.24) is 9.55 Å². The lowest BCUT2D eigenvalue weighted by molar-refractivity contribution is -0.153. The van der Waals surface area contributed by atoms with E-state index in [4.69, 9.17) is 4.74 Å². The number of nitriles is 1. The highest BCUT2D eigenvalue weighted by molar-refractivity contribution is 7.86.